The zero-order chi connectivity index (χ0) is 29.1. The van der Waals surface area contributed by atoms with Gasteiger partial charge in [0.15, 0.2) is 0 Å². The Labute approximate surface area is 227 Å². The zero-order valence-corrected chi connectivity index (χ0v) is 21.8. The van der Waals surface area contributed by atoms with Gasteiger partial charge in [-0.05, 0) is 61.3 Å². The number of halogens is 5. The van der Waals surface area contributed by atoms with Crippen molar-refractivity contribution in [3.8, 4) is 0 Å². The molecule has 218 valence electrons. The highest BCUT2D eigenvalue weighted by Gasteiger charge is 2.41. The minimum absolute atomic E-state index is 0.0257. The summed E-state index contributed by atoms with van der Waals surface area (Å²) in [5, 5.41) is 11.9. The maximum atomic E-state index is 13.8. The minimum Gasteiger partial charge on any atom is -0.349 e. The van der Waals surface area contributed by atoms with Crippen LogP contribution < -0.4 is 16.0 Å². The van der Waals surface area contributed by atoms with E-state index in [1.54, 1.807) is 13.1 Å². The first-order valence-corrected chi connectivity index (χ1v) is 13.1. The van der Waals surface area contributed by atoms with Crippen molar-refractivity contribution in [2.45, 2.75) is 75.5 Å². The van der Waals surface area contributed by atoms with Gasteiger partial charge in [-0.1, -0.05) is 0 Å². The SMILES string of the molecule is Cn1nccc1C(=O)N[C@H](C(=O)Nc1cc([C@H](NC(=O)CCC(F)(F)F)C2CC2)ccn1)C1CCC(F)(F)CC1. The fourth-order valence-corrected chi connectivity index (χ4v) is 4.92. The second-order valence-corrected chi connectivity index (χ2v) is 10.4. The Kier molecular flexibility index (Phi) is 8.74. The molecule has 0 aliphatic heterocycles. The molecule has 2 fully saturated rings. The Bertz CT molecular complexity index is 1220. The van der Waals surface area contributed by atoms with Gasteiger partial charge in [0.1, 0.15) is 17.6 Å². The van der Waals surface area contributed by atoms with Crippen LogP contribution in [0.4, 0.5) is 27.8 Å². The summed E-state index contributed by atoms with van der Waals surface area (Å²) in [6, 6.07) is 2.89. The van der Waals surface area contributed by atoms with Crippen LogP contribution in [0.2, 0.25) is 0 Å². The Hall–Kier alpha value is -3.58. The molecule has 3 N–H and O–H groups in total. The van der Waals surface area contributed by atoms with E-state index >= 15 is 0 Å². The number of aromatic nitrogens is 3. The Morgan fingerprint density at radius 2 is 1.75 bits per heavy atom. The molecule has 40 heavy (non-hydrogen) atoms. The summed E-state index contributed by atoms with van der Waals surface area (Å²) in [5.41, 5.74) is 0.744. The molecule has 2 aromatic rings. The molecule has 2 aliphatic rings. The molecule has 2 saturated carbocycles. The fraction of sp³-hybridized carbons (Fsp3) is 0.577. The highest BCUT2D eigenvalue weighted by atomic mass is 19.4. The van der Waals surface area contributed by atoms with Gasteiger partial charge in [0, 0.05) is 38.7 Å². The van der Waals surface area contributed by atoms with Crippen LogP contribution in [0, 0.1) is 11.8 Å². The lowest BCUT2D eigenvalue weighted by molar-refractivity contribution is -0.144. The third-order valence-corrected chi connectivity index (χ3v) is 7.30. The van der Waals surface area contributed by atoms with E-state index in [2.05, 4.69) is 26.0 Å². The van der Waals surface area contributed by atoms with E-state index in [-0.39, 0.29) is 30.3 Å². The van der Waals surface area contributed by atoms with Gasteiger partial charge in [-0.3, -0.25) is 19.1 Å². The van der Waals surface area contributed by atoms with E-state index < -0.39 is 73.5 Å². The van der Waals surface area contributed by atoms with Crippen molar-refractivity contribution in [1.29, 1.82) is 0 Å². The summed E-state index contributed by atoms with van der Waals surface area (Å²) in [4.78, 5) is 42.6. The maximum absolute atomic E-state index is 13.8. The number of rotatable bonds is 10. The quantitative estimate of drug-likeness (QED) is 0.369. The molecule has 2 aromatic heterocycles. The van der Waals surface area contributed by atoms with E-state index in [1.165, 1.54) is 29.2 Å². The first-order valence-electron chi connectivity index (χ1n) is 13.1. The van der Waals surface area contributed by atoms with Crippen LogP contribution in [0.3, 0.4) is 0 Å². The molecule has 4 rings (SSSR count). The first-order chi connectivity index (χ1) is 18.8. The van der Waals surface area contributed by atoms with E-state index in [1.807, 2.05) is 0 Å². The lowest BCUT2D eigenvalue weighted by Gasteiger charge is -2.33. The lowest BCUT2D eigenvalue weighted by atomic mass is 9.81. The Morgan fingerprint density at radius 1 is 1.05 bits per heavy atom. The number of anilines is 1. The maximum Gasteiger partial charge on any atom is 0.389 e. The van der Waals surface area contributed by atoms with E-state index in [0.717, 1.165) is 12.8 Å². The number of carbonyl (C=O) groups excluding carboxylic acids is 3. The van der Waals surface area contributed by atoms with Crippen LogP contribution in [-0.4, -0.2) is 50.6 Å². The molecule has 2 heterocycles. The smallest absolute Gasteiger partial charge is 0.349 e. The molecule has 0 saturated heterocycles. The van der Waals surface area contributed by atoms with Gasteiger partial charge in [-0.15, -0.1) is 0 Å². The van der Waals surface area contributed by atoms with Gasteiger partial charge >= 0.3 is 6.18 Å². The molecule has 3 amide bonds. The van der Waals surface area contributed by atoms with Crippen molar-refractivity contribution >= 4 is 23.5 Å². The number of pyridine rings is 1. The van der Waals surface area contributed by atoms with Crippen molar-refractivity contribution in [1.82, 2.24) is 25.4 Å². The molecule has 0 unspecified atom stereocenters. The van der Waals surface area contributed by atoms with Crippen LogP contribution in [-0.2, 0) is 16.6 Å². The molecule has 2 aliphatic carbocycles. The number of carbonyl (C=O) groups is 3. The van der Waals surface area contributed by atoms with Crippen molar-refractivity contribution in [3.05, 3.63) is 41.9 Å². The number of alkyl halides is 5. The Morgan fingerprint density at radius 3 is 2.35 bits per heavy atom. The largest absolute Gasteiger partial charge is 0.389 e. The predicted octanol–water partition coefficient (Wildman–Crippen LogP) is 4.29. The minimum atomic E-state index is -4.45. The monoisotopic (exact) mass is 570 g/mol. The summed E-state index contributed by atoms with van der Waals surface area (Å²) in [5.74, 6) is -5.21. The second-order valence-electron chi connectivity index (χ2n) is 10.4. The molecule has 0 aromatic carbocycles. The van der Waals surface area contributed by atoms with Gasteiger partial charge in [-0.2, -0.15) is 18.3 Å². The van der Waals surface area contributed by atoms with Gasteiger partial charge in [0.2, 0.25) is 17.7 Å². The number of hydrogen-bond acceptors (Lipinski definition) is 5. The van der Waals surface area contributed by atoms with Gasteiger partial charge in [-0.25, -0.2) is 13.8 Å². The molecule has 2 atom stereocenters. The summed E-state index contributed by atoms with van der Waals surface area (Å²) in [6.45, 7) is 0. The number of amides is 3. The summed E-state index contributed by atoms with van der Waals surface area (Å²) >= 11 is 0. The predicted molar refractivity (Wildman–Crippen MR) is 133 cm³/mol. The lowest BCUT2D eigenvalue weighted by Crippen LogP contribution is -2.50. The molecule has 0 radical (unpaired) electrons. The molecule has 0 bridgehead atoms. The molecule has 9 nitrogen and oxygen atoms in total. The number of hydrogen-bond donors (Lipinski definition) is 3. The number of aryl methyl sites for hydroxylation is 1. The molecule has 14 heteroatoms. The fourth-order valence-electron chi connectivity index (χ4n) is 4.92. The summed E-state index contributed by atoms with van der Waals surface area (Å²) < 4.78 is 66.6. The van der Waals surface area contributed by atoms with Crippen molar-refractivity contribution in [2.75, 3.05) is 5.32 Å². The van der Waals surface area contributed by atoms with Crippen LogP contribution >= 0.6 is 0 Å². The number of nitrogens with zero attached hydrogens (tertiary/aromatic N) is 3. The van der Waals surface area contributed by atoms with E-state index in [4.69, 9.17) is 0 Å². The summed E-state index contributed by atoms with van der Waals surface area (Å²) in [7, 11) is 1.55. The molecular weight excluding hydrogens is 539 g/mol. The van der Waals surface area contributed by atoms with Crippen LogP contribution in [0.25, 0.3) is 0 Å². The van der Waals surface area contributed by atoms with Gasteiger partial charge < -0.3 is 16.0 Å². The molecular formula is C26H31F5N6O3. The van der Waals surface area contributed by atoms with Crippen molar-refractivity contribution in [2.24, 2.45) is 18.9 Å². The van der Waals surface area contributed by atoms with Crippen molar-refractivity contribution in [3.63, 3.8) is 0 Å². The van der Waals surface area contributed by atoms with Crippen LogP contribution in [0.5, 0.6) is 0 Å². The average Bonchev–Trinajstić information content (AvgIpc) is 3.63. The highest BCUT2D eigenvalue weighted by Crippen LogP contribution is 2.42. The topological polar surface area (TPSA) is 118 Å². The first kappa shape index (κ1) is 29.4. The molecule has 0 spiro atoms. The van der Waals surface area contributed by atoms with E-state index in [0.29, 0.717) is 5.56 Å². The average molecular weight is 571 g/mol. The number of nitrogens with one attached hydrogen (secondary N) is 3. The zero-order valence-electron chi connectivity index (χ0n) is 21.8. The third kappa shape index (κ3) is 7.98. The van der Waals surface area contributed by atoms with Crippen molar-refractivity contribution < 1.29 is 36.3 Å². The van der Waals surface area contributed by atoms with Crippen LogP contribution in [0.15, 0.2) is 30.6 Å². The third-order valence-electron chi connectivity index (χ3n) is 7.30. The standard InChI is InChI=1S/C26H31F5N6O3/c1-37-18(8-13-33-37)23(39)36-22(16-4-9-25(27,28)10-5-16)24(40)34-19-14-17(7-12-32-19)21(15-2-3-15)35-20(38)6-11-26(29,30)31/h7-8,12-16,21-22H,2-6,9-11H2,1H3,(H,35,38)(H,36,39)(H,32,34,40)/t21-,22+/m1/s1. The normalized spacial score (nSPS) is 18.9. The van der Waals surface area contributed by atoms with Gasteiger partial charge in [0.25, 0.3) is 5.91 Å². The summed E-state index contributed by atoms with van der Waals surface area (Å²) in [6.07, 6.45) is -2.77. The van der Waals surface area contributed by atoms with Gasteiger partial charge in [0.05, 0.1) is 12.5 Å². The second kappa shape index (κ2) is 11.9. The van der Waals surface area contributed by atoms with Crippen LogP contribution in [0.1, 0.15) is 73.5 Å². The Balaban J connectivity index is 1.48. The van der Waals surface area contributed by atoms with E-state index in [9.17, 15) is 36.3 Å². The highest BCUT2D eigenvalue weighted by molar-refractivity contribution is 6.00.